The van der Waals surface area contributed by atoms with Crippen LogP contribution in [0.1, 0.15) is 41.6 Å². The number of amides is 1. The summed E-state index contributed by atoms with van der Waals surface area (Å²) >= 11 is 3.24. The largest absolute Gasteiger partial charge is 0.300 e. The molecule has 1 unspecified atom stereocenters. The highest BCUT2D eigenvalue weighted by molar-refractivity contribution is 7.14. The molecule has 0 radical (unpaired) electrons. The lowest BCUT2D eigenvalue weighted by Crippen LogP contribution is -2.24. The van der Waals surface area contributed by atoms with Crippen molar-refractivity contribution in [1.29, 1.82) is 0 Å². The van der Waals surface area contributed by atoms with Crippen LogP contribution in [-0.2, 0) is 17.8 Å². The molecule has 0 aliphatic heterocycles. The van der Waals surface area contributed by atoms with Crippen molar-refractivity contribution in [1.82, 2.24) is 10.3 Å². The number of hydrogen-bond acceptors (Lipinski definition) is 5. The summed E-state index contributed by atoms with van der Waals surface area (Å²) in [4.78, 5) is 20.3. The summed E-state index contributed by atoms with van der Waals surface area (Å²) in [6.45, 7) is 4.31. The van der Waals surface area contributed by atoms with Gasteiger partial charge in [-0.3, -0.25) is 15.0 Å². The van der Waals surface area contributed by atoms with Gasteiger partial charge in [0.25, 0.3) is 0 Å². The van der Waals surface area contributed by atoms with E-state index in [2.05, 4.69) is 60.1 Å². The Morgan fingerprint density at radius 1 is 1.03 bits per heavy atom. The molecule has 31 heavy (non-hydrogen) atoms. The van der Waals surface area contributed by atoms with Crippen LogP contribution < -0.4 is 10.2 Å². The van der Waals surface area contributed by atoms with Gasteiger partial charge in [-0.2, -0.15) is 0 Å². The van der Waals surface area contributed by atoms with Gasteiger partial charge in [-0.1, -0.05) is 61.5 Å². The molecular weight excluding hydrogens is 422 g/mol. The normalized spacial score (nSPS) is 11.9. The fourth-order valence-corrected chi connectivity index (χ4v) is 5.31. The molecular formula is C25H25N3OS2. The molecule has 1 amide bonds. The van der Waals surface area contributed by atoms with Crippen LogP contribution in [0.2, 0.25) is 0 Å². The van der Waals surface area contributed by atoms with Crippen LogP contribution in [0.15, 0.2) is 77.5 Å². The average Bonchev–Trinajstić information content (AvgIpc) is 3.48. The molecule has 0 bridgehead atoms. The zero-order valence-electron chi connectivity index (χ0n) is 17.6. The van der Waals surface area contributed by atoms with Gasteiger partial charge in [-0.15, -0.1) is 22.7 Å². The van der Waals surface area contributed by atoms with E-state index in [9.17, 15) is 4.79 Å². The zero-order valence-corrected chi connectivity index (χ0v) is 19.2. The SMILES string of the molecule is CCc1ccccc1N(C(C)=O)c1nc(CNC(c2ccccc2)c2cccs2)cs1. The predicted molar refractivity (Wildman–Crippen MR) is 130 cm³/mol. The zero-order chi connectivity index (χ0) is 21.6. The molecule has 0 saturated heterocycles. The van der Waals surface area contributed by atoms with Gasteiger partial charge in [-0.25, -0.2) is 4.98 Å². The first-order chi connectivity index (χ1) is 15.2. The number of anilines is 2. The third-order valence-electron chi connectivity index (χ3n) is 5.11. The number of hydrogen-bond donors (Lipinski definition) is 1. The summed E-state index contributed by atoms with van der Waals surface area (Å²) < 4.78 is 0. The van der Waals surface area contributed by atoms with E-state index in [1.54, 1.807) is 23.2 Å². The first-order valence-electron chi connectivity index (χ1n) is 10.3. The Labute approximate surface area is 191 Å². The molecule has 0 aliphatic carbocycles. The smallest absolute Gasteiger partial charge is 0.230 e. The first-order valence-corrected chi connectivity index (χ1v) is 12.1. The van der Waals surface area contributed by atoms with Gasteiger partial charge in [-0.05, 0) is 35.1 Å². The van der Waals surface area contributed by atoms with Crippen molar-refractivity contribution in [2.45, 2.75) is 32.9 Å². The number of benzene rings is 2. The Morgan fingerprint density at radius 3 is 2.52 bits per heavy atom. The third kappa shape index (κ3) is 4.93. The number of para-hydroxylation sites is 1. The topological polar surface area (TPSA) is 45.2 Å². The molecule has 158 valence electrons. The lowest BCUT2D eigenvalue weighted by Gasteiger charge is -2.21. The van der Waals surface area contributed by atoms with Gasteiger partial charge in [0.2, 0.25) is 5.91 Å². The van der Waals surface area contributed by atoms with Gasteiger partial charge in [0.15, 0.2) is 5.13 Å². The van der Waals surface area contributed by atoms with Crippen LogP contribution in [-0.4, -0.2) is 10.9 Å². The molecule has 0 aliphatic rings. The van der Waals surface area contributed by atoms with Crippen molar-refractivity contribution in [2.24, 2.45) is 0 Å². The molecule has 2 aromatic carbocycles. The molecule has 1 atom stereocenters. The van der Waals surface area contributed by atoms with Crippen LogP contribution in [0.4, 0.5) is 10.8 Å². The van der Waals surface area contributed by atoms with Gasteiger partial charge >= 0.3 is 0 Å². The van der Waals surface area contributed by atoms with E-state index in [0.29, 0.717) is 11.7 Å². The fraction of sp³-hybridized carbons (Fsp3) is 0.200. The predicted octanol–water partition coefficient (Wildman–Crippen LogP) is 6.33. The van der Waals surface area contributed by atoms with E-state index >= 15 is 0 Å². The number of nitrogens with one attached hydrogen (secondary N) is 1. The van der Waals surface area contributed by atoms with Crippen LogP contribution in [0.25, 0.3) is 0 Å². The van der Waals surface area contributed by atoms with E-state index in [1.165, 1.54) is 21.8 Å². The molecule has 4 aromatic rings. The fourth-order valence-electron chi connectivity index (χ4n) is 3.61. The van der Waals surface area contributed by atoms with Crippen molar-refractivity contribution in [2.75, 3.05) is 4.90 Å². The second kappa shape index (κ2) is 10.0. The molecule has 0 spiro atoms. The Balaban J connectivity index is 1.56. The Bertz CT molecular complexity index is 1120. The van der Waals surface area contributed by atoms with Gasteiger partial charge in [0.1, 0.15) is 0 Å². The van der Waals surface area contributed by atoms with Crippen LogP contribution >= 0.6 is 22.7 Å². The van der Waals surface area contributed by atoms with Gasteiger partial charge < -0.3 is 0 Å². The Kier molecular flexibility index (Phi) is 6.92. The standard InChI is InChI=1S/C25H25N3OS2/c1-3-19-10-7-8-13-22(19)28(18(2)29)25-27-21(17-31-25)16-26-24(23-14-9-15-30-23)20-11-5-4-6-12-20/h4-15,17,24,26H,3,16H2,1-2H3. The summed E-state index contributed by atoms with van der Waals surface area (Å²) in [6, 6.07) is 22.8. The summed E-state index contributed by atoms with van der Waals surface area (Å²) in [5, 5.41) is 8.49. The van der Waals surface area contributed by atoms with Crippen LogP contribution in [0.5, 0.6) is 0 Å². The lowest BCUT2D eigenvalue weighted by atomic mass is 10.1. The number of thiazole rings is 1. The van der Waals surface area contributed by atoms with E-state index in [0.717, 1.165) is 23.4 Å². The Hall–Kier alpha value is -2.80. The molecule has 0 fully saturated rings. The van der Waals surface area contributed by atoms with Crippen molar-refractivity contribution < 1.29 is 4.79 Å². The highest BCUT2D eigenvalue weighted by atomic mass is 32.1. The number of aromatic nitrogens is 1. The molecule has 1 N–H and O–H groups in total. The monoisotopic (exact) mass is 447 g/mol. The maximum atomic E-state index is 12.5. The highest BCUT2D eigenvalue weighted by Crippen LogP contribution is 2.32. The summed E-state index contributed by atoms with van der Waals surface area (Å²) in [5.41, 5.74) is 4.20. The molecule has 2 aromatic heterocycles. The minimum Gasteiger partial charge on any atom is -0.300 e. The van der Waals surface area contributed by atoms with Crippen molar-refractivity contribution in [3.63, 3.8) is 0 Å². The maximum absolute atomic E-state index is 12.5. The summed E-state index contributed by atoms with van der Waals surface area (Å²) in [7, 11) is 0. The van der Waals surface area contributed by atoms with E-state index in [4.69, 9.17) is 4.98 Å². The minimum atomic E-state index is -0.0319. The summed E-state index contributed by atoms with van der Waals surface area (Å²) in [5.74, 6) is -0.0319. The van der Waals surface area contributed by atoms with Crippen molar-refractivity contribution >= 4 is 39.4 Å². The second-order valence-corrected chi connectivity index (χ2v) is 9.01. The van der Waals surface area contributed by atoms with E-state index in [1.807, 2.05) is 29.6 Å². The quantitative estimate of drug-likeness (QED) is 0.343. The van der Waals surface area contributed by atoms with Crippen molar-refractivity contribution in [3.05, 3.63) is 99.2 Å². The number of rotatable bonds is 8. The molecule has 2 heterocycles. The van der Waals surface area contributed by atoms with Gasteiger partial charge in [0.05, 0.1) is 17.4 Å². The number of carbonyl (C=O) groups excluding carboxylic acids is 1. The third-order valence-corrected chi connectivity index (χ3v) is 6.92. The molecule has 4 rings (SSSR count). The second-order valence-electron chi connectivity index (χ2n) is 7.20. The number of thiophene rings is 1. The molecule has 0 saturated carbocycles. The minimum absolute atomic E-state index is 0.0319. The van der Waals surface area contributed by atoms with E-state index in [-0.39, 0.29) is 11.9 Å². The number of carbonyl (C=O) groups is 1. The van der Waals surface area contributed by atoms with Crippen LogP contribution in [0.3, 0.4) is 0 Å². The maximum Gasteiger partial charge on any atom is 0.230 e. The van der Waals surface area contributed by atoms with Crippen LogP contribution in [0, 0.1) is 0 Å². The van der Waals surface area contributed by atoms with E-state index < -0.39 is 0 Å². The lowest BCUT2D eigenvalue weighted by molar-refractivity contribution is -0.115. The average molecular weight is 448 g/mol. The number of aryl methyl sites for hydroxylation is 1. The van der Waals surface area contributed by atoms with Gasteiger partial charge in [0, 0.05) is 23.7 Å². The Morgan fingerprint density at radius 2 is 1.81 bits per heavy atom. The molecule has 4 nitrogen and oxygen atoms in total. The van der Waals surface area contributed by atoms with Crippen molar-refractivity contribution in [3.8, 4) is 0 Å². The summed E-state index contributed by atoms with van der Waals surface area (Å²) in [6.07, 6.45) is 0.860. The molecule has 6 heteroatoms. The highest BCUT2D eigenvalue weighted by Gasteiger charge is 2.21. The first kappa shape index (κ1) is 21.4. The number of nitrogens with zero attached hydrogens (tertiary/aromatic N) is 2.